The van der Waals surface area contributed by atoms with Gasteiger partial charge in [0.05, 0.1) is 16.8 Å². The second kappa shape index (κ2) is 21.6. The molecule has 84 heavy (non-hydrogen) atoms. The lowest BCUT2D eigenvalue weighted by Gasteiger charge is -2.48. The highest BCUT2D eigenvalue weighted by Crippen LogP contribution is 2.62. The molecule has 0 saturated heterocycles. The van der Waals surface area contributed by atoms with Crippen LogP contribution in [-0.4, -0.2) is 0 Å². The Balaban J connectivity index is 0.984. The fourth-order valence-corrected chi connectivity index (χ4v) is 13.6. The van der Waals surface area contributed by atoms with Gasteiger partial charge >= 0.3 is 0 Å². The molecule has 0 saturated carbocycles. The van der Waals surface area contributed by atoms with Crippen molar-refractivity contribution in [3.8, 4) is 0 Å². The van der Waals surface area contributed by atoms with Crippen LogP contribution in [0.5, 0.6) is 0 Å². The number of allylic oxidation sites excluding steroid dienone is 4. The van der Waals surface area contributed by atoms with Crippen molar-refractivity contribution in [2.24, 2.45) is 0 Å². The van der Waals surface area contributed by atoms with Crippen molar-refractivity contribution in [2.75, 3.05) is 9.80 Å². The largest absolute Gasteiger partial charge is 0.309 e. The zero-order valence-corrected chi connectivity index (χ0v) is 46.4. The maximum Gasteiger partial charge on any atom is 0.0618 e. The third-order valence-corrected chi connectivity index (χ3v) is 17.2. The monoisotopic (exact) mass is 1070 g/mol. The number of para-hydroxylation sites is 2. The Hall–Kier alpha value is -10.8. The van der Waals surface area contributed by atoms with Crippen molar-refractivity contribution >= 4 is 93.9 Å². The number of hydrogen-bond acceptors (Lipinski definition) is 2. The summed E-state index contributed by atoms with van der Waals surface area (Å²) in [6.07, 6.45) is 2.60. The van der Waals surface area contributed by atoms with E-state index in [1.54, 1.807) is 0 Å². The Morgan fingerprint density at radius 3 is 1.04 bits per heavy atom. The van der Waals surface area contributed by atoms with Crippen LogP contribution in [0.15, 0.2) is 346 Å². The van der Waals surface area contributed by atoms with Gasteiger partial charge in [-0.1, -0.05) is 285 Å². The fraction of sp³-hybridized carbons (Fsp3) is 0.0244. The topological polar surface area (TPSA) is 6.48 Å². The van der Waals surface area contributed by atoms with Crippen molar-refractivity contribution in [1.82, 2.24) is 0 Å². The SMILES string of the molecule is C1=C(c2ccc(N(c3ccccc3)c3c4ccccc4cc4ccccc34)cc2)C(c2ccccc2)=C(c2ccccc2)C(c2ccccc2)(c2ccc(N(c3ccccc3)c3c4ccccc4cc4ccccc34)cc2)C1c1ccccc1. The van der Waals surface area contributed by atoms with Gasteiger partial charge in [0.1, 0.15) is 0 Å². The van der Waals surface area contributed by atoms with Gasteiger partial charge in [0.25, 0.3) is 0 Å². The molecule has 0 heterocycles. The number of nitrogens with zero attached hydrogens (tertiary/aromatic N) is 2. The minimum Gasteiger partial charge on any atom is -0.309 e. The molecule has 0 aliphatic heterocycles. The van der Waals surface area contributed by atoms with Gasteiger partial charge in [0, 0.05) is 50.2 Å². The molecule has 1 aliphatic carbocycles. The lowest BCUT2D eigenvalue weighted by atomic mass is 9.54. The smallest absolute Gasteiger partial charge is 0.0618 e. The Kier molecular flexibility index (Phi) is 12.9. The first kappa shape index (κ1) is 50.2. The van der Waals surface area contributed by atoms with E-state index in [0.29, 0.717) is 0 Å². The molecule has 0 fully saturated rings. The van der Waals surface area contributed by atoms with E-state index in [1.165, 1.54) is 82.1 Å². The number of benzene rings is 14. The van der Waals surface area contributed by atoms with E-state index in [-0.39, 0.29) is 5.92 Å². The molecular weight excluding hydrogens is 1010 g/mol. The summed E-state index contributed by atoms with van der Waals surface area (Å²) in [7, 11) is 0. The van der Waals surface area contributed by atoms with Crippen molar-refractivity contribution in [3.05, 3.63) is 379 Å². The quantitative estimate of drug-likeness (QED) is 0.113. The fourth-order valence-electron chi connectivity index (χ4n) is 13.6. The van der Waals surface area contributed by atoms with Crippen LogP contribution in [0.1, 0.15) is 39.3 Å². The molecule has 14 aromatic carbocycles. The van der Waals surface area contributed by atoms with Crippen LogP contribution in [0.3, 0.4) is 0 Å². The van der Waals surface area contributed by atoms with Crippen molar-refractivity contribution in [3.63, 3.8) is 0 Å². The van der Waals surface area contributed by atoms with Gasteiger partial charge in [-0.15, -0.1) is 0 Å². The number of rotatable bonds is 12. The molecule has 2 heteroatoms. The predicted octanol–water partition coefficient (Wildman–Crippen LogP) is 22.0. The van der Waals surface area contributed by atoms with Gasteiger partial charge in [-0.05, 0) is 132 Å². The maximum absolute atomic E-state index is 2.60. The molecular formula is C82H58N2. The summed E-state index contributed by atoms with van der Waals surface area (Å²) in [5, 5.41) is 9.62. The third-order valence-electron chi connectivity index (χ3n) is 17.2. The standard InChI is InChI=1S/C82H58N2/c1-7-27-59(28-8-1)77-57-76(58-47-51-70(52-48-58)83(68-39-15-5-16-40-68)80-72-43-23-19-33-62(72)55-63-34-20-24-44-73(63)80)78(60-29-9-2-10-30-60)79(61-31-11-3-12-32-61)82(77,66-37-13-4-14-38-66)67-49-53-71(54-50-67)84(69-41-17-6-18-42-69)81-74-45-25-21-35-64(74)56-65-36-22-26-46-75(65)81/h1-57,77H. The summed E-state index contributed by atoms with van der Waals surface area (Å²) in [4.78, 5) is 4.91. The number of fused-ring (bicyclic) bond motifs is 4. The summed E-state index contributed by atoms with van der Waals surface area (Å²) in [5.74, 6) is -0.181. The van der Waals surface area contributed by atoms with Crippen molar-refractivity contribution in [2.45, 2.75) is 11.3 Å². The summed E-state index contributed by atoms with van der Waals surface area (Å²) >= 11 is 0. The Morgan fingerprint density at radius 2 is 0.595 bits per heavy atom. The average molecular weight is 1070 g/mol. The average Bonchev–Trinajstić information content (AvgIpc) is 1.07. The van der Waals surface area contributed by atoms with Crippen LogP contribution in [0, 0.1) is 0 Å². The lowest BCUT2D eigenvalue weighted by molar-refractivity contribution is 0.587. The molecule has 0 aromatic heterocycles. The molecule has 0 amide bonds. The summed E-state index contributed by atoms with van der Waals surface area (Å²) in [6, 6.07) is 125. The van der Waals surface area contributed by atoms with Gasteiger partial charge in [-0.25, -0.2) is 0 Å². The molecule has 1 aliphatic rings. The molecule has 396 valence electrons. The van der Waals surface area contributed by atoms with E-state index in [0.717, 1.165) is 45.3 Å². The lowest BCUT2D eigenvalue weighted by Crippen LogP contribution is -2.39. The molecule has 15 rings (SSSR count). The number of hydrogen-bond donors (Lipinski definition) is 0. The zero-order valence-electron chi connectivity index (χ0n) is 46.4. The molecule has 14 aromatic rings. The van der Waals surface area contributed by atoms with Gasteiger partial charge in [0.2, 0.25) is 0 Å². The maximum atomic E-state index is 2.60. The van der Waals surface area contributed by atoms with Crippen LogP contribution in [0.25, 0.3) is 59.8 Å². The Morgan fingerprint density at radius 1 is 0.262 bits per heavy atom. The van der Waals surface area contributed by atoms with Gasteiger partial charge < -0.3 is 9.80 Å². The highest BCUT2D eigenvalue weighted by molar-refractivity contribution is 6.20. The zero-order chi connectivity index (χ0) is 55.8. The first-order valence-electron chi connectivity index (χ1n) is 29.1. The highest BCUT2D eigenvalue weighted by atomic mass is 15.2. The Bertz CT molecular complexity index is 4620. The van der Waals surface area contributed by atoms with Gasteiger partial charge in [-0.3, -0.25) is 0 Å². The normalized spacial score (nSPS) is 15.1. The Labute approximate surface area is 491 Å². The van der Waals surface area contributed by atoms with Crippen molar-refractivity contribution in [1.29, 1.82) is 0 Å². The first-order valence-corrected chi connectivity index (χ1v) is 29.1. The molecule has 2 nitrogen and oxygen atoms in total. The summed E-state index contributed by atoms with van der Waals surface area (Å²) in [6.45, 7) is 0. The predicted molar refractivity (Wildman–Crippen MR) is 356 cm³/mol. The van der Waals surface area contributed by atoms with Crippen LogP contribution < -0.4 is 9.80 Å². The van der Waals surface area contributed by atoms with E-state index in [4.69, 9.17) is 0 Å². The molecule has 0 bridgehead atoms. The third kappa shape index (κ3) is 8.67. The van der Waals surface area contributed by atoms with E-state index >= 15 is 0 Å². The van der Waals surface area contributed by atoms with E-state index in [9.17, 15) is 0 Å². The van der Waals surface area contributed by atoms with Gasteiger partial charge in [-0.2, -0.15) is 0 Å². The van der Waals surface area contributed by atoms with Crippen LogP contribution in [0.2, 0.25) is 0 Å². The number of anilines is 6. The first-order chi connectivity index (χ1) is 41.7. The second-order valence-electron chi connectivity index (χ2n) is 21.9. The van der Waals surface area contributed by atoms with Crippen LogP contribution in [-0.2, 0) is 5.41 Å². The minimum atomic E-state index is -0.764. The van der Waals surface area contributed by atoms with Crippen LogP contribution in [0.4, 0.5) is 34.1 Å². The summed E-state index contributed by atoms with van der Waals surface area (Å²) < 4.78 is 0. The van der Waals surface area contributed by atoms with Gasteiger partial charge in [0.15, 0.2) is 0 Å². The highest BCUT2D eigenvalue weighted by Gasteiger charge is 2.50. The van der Waals surface area contributed by atoms with E-state index in [1.807, 2.05) is 0 Å². The van der Waals surface area contributed by atoms with Crippen LogP contribution >= 0.6 is 0 Å². The molecule has 0 N–H and O–H groups in total. The second-order valence-corrected chi connectivity index (χ2v) is 21.9. The minimum absolute atomic E-state index is 0.181. The molecule has 2 atom stereocenters. The van der Waals surface area contributed by atoms with E-state index in [2.05, 4.69) is 356 Å². The molecule has 0 radical (unpaired) electrons. The molecule has 2 unspecified atom stereocenters. The van der Waals surface area contributed by atoms with Crippen molar-refractivity contribution < 1.29 is 0 Å². The summed E-state index contributed by atoms with van der Waals surface area (Å²) in [5.41, 5.74) is 16.6. The molecule has 0 spiro atoms. The van der Waals surface area contributed by atoms with E-state index < -0.39 is 5.41 Å².